The van der Waals surface area contributed by atoms with Crippen LogP contribution in [0.25, 0.3) is 0 Å². The van der Waals surface area contributed by atoms with Gasteiger partial charge in [-0.3, -0.25) is 0 Å². The quantitative estimate of drug-likeness (QED) is 0.915. The van der Waals surface area contributed by atoms with Crippen LogP contribution in [0.2, 0.25) is 0 Å². The zero-order chi connectivity index (χ0) is 15.5. The maximum atomic E-state index is 12.8. The van der Waals surface area contributed by atoms with Gasteiger partial charge in [0.05, 0.1) is 18.6 Å². The van der Waals surface area contributed by atoms with Gasteiger partial charge in [-0.05, 0) is 36.8 Å². The Kier molecular flexibility index (Phi) is 4.65. The third-order valence-electron chi connectivity index (χ3n) is 3.47. The lowest BCUT2D eigenvalue weighted by molar-refractivity contribution is -0.367. The minimum atomic E-state index is -3.46. The molecule has 0 aromatic heterocycles. The predicted molar refractivity (Wildman–Crippen MR) is 81.9 cm³/mol. The van der Waals surface area contributed by atoms with Gasteiger partial charge < -0.3 is 10.5 Å². The van der Waals surface area contributed by atoms with Crippen LogP contribution in [-0.4, -0.2) is 22.1 Å². The summed E-state index contributed by atoms with van der Waals surface area (Å²) in [6.07, 6.45) is 0. The molecule has 1 atom stereocenters. The Morgan fingerprint density at radius 2 is 1.62 bits per heavy atom. The summed E-state index contributed by atoms with van der Waals surface area (Å²) in [5, 5.41) is -0.633. The highest BCUT2D eigenvalue weighted by molar-refractivity contribution is 7.91. The fraction of sp³-hybridized carbons (Fsp3) is 0.250. The molecule has 0 aliphatic carbocycles. The number of ether oxygens (including phenoxy) is 1. The van der Waals surface area contributed by atoms with Crippen molar-refractivity contribution in [2.45, 2.75) is 17.1 Å². The van der Waals surface area contributed by atoms with Crippen LogP contribution in [0.1, 0.15) is 16.4 Å². The smallest absolute Gasteiger partial charge is 0.190 e. The molecule has 0 aliphatic rings. The highest BCUT2D eigenvalue weighted by atomic mass is 32.2. The number of hydrogen-bond donors (Lipinski definition) is 1. The Bertz CT molecular complexity index is 691. The molecule has 0 fully saturated rings. The predicted octanol–water partition coefficient (Wildman–Crippen LogP) is 1.76. The number of benzene rings is 2. The first kappa shape index (κ1) is 15.5. The minimum Gasteiger partial charge on any atom is -0.497 e. The minimum absolute atomic E-state index is 0.289. The zero-order valence-electron chi connectivity index (χ0n) is 12.2. The van der Waals surface area contributed by atoms with Gasteiger partial charge in [-0.25, -0.2) is 8.42 Å². The fourth-order valence-electron chi connectivity index (χ4n) is 2.21. The lowest BCUT2D eigenvalue weighted by Gasteiger charge is -2.15. The number of quaternary nitrogens is 1. The summed E-state index contributed by atoms with van der Waals surface area (Å²) >= 11 is 0. The van der Waals surface area contributed by atoms with Crippen molar-refractivity contribution >= 4 is 9.84 Å². The van der Waals surface area contributed by atoms with E-state index < -0.39 is 15.1 Å². The molecule has 0 heterocycles. The Morgan fingerprint density at radius 3 is 2.10 bits per heavy atom. The second-order valence-corrected chi connectivity index (χ2v) is 7.04. The molecular weight excluding hydrogens is 286 g/mol. The van der Waals surface area contributed by atoms with Gasteiger partial charge in [0.1, 0.15) is 11.0 Å². The van der Waals surface area contributed by atoms with E-state index in [1.165, 1.54) is 0 Å². The molecule has 0 spiro atoms. The fourth-order valence-corrected chi connectivity index (χ4v) is 3.88. The molecule has 0 saturated heterocycles. The average molecular weight is 306 g/mol. The number of rotatable bonds is 5. The van der Waals surface area contributed by atoms with E-state index in [-0.39, 0.29) is 11.4 Å². The monoisotopic (exact) mass is 306 g/mol. The van der Waals surface area contributed by atoms with E-state index in [0.29, 0.717) is 5.75 Å². The summed E-state index contributed by atoms with van der Waals surface area (Å²) in [5.74, 6) is 0.635. The summed E-state index contributed by atoms with van der Waals surface area (Å²) in [5.41, 5.74) is 5.68. The van der Waals surface area contributed by atoms with Crippen LogP contribution in [0.5, 0.6) is 5.75 Å². The van der Waals surface area contributed by atoms with E-state index in [0.717, 1.165) is 11.1 Å². The van der Waals surface area contributed by atoms with Gasteiger partial charge in [0, 0.05) is 0 Å². The van der Waals surface area contributed by atoms with E-state index in [2.05, 4.69) is 5.73 Å². The van der Waals surface area contributed by atoms with Crippen molar-refractivity contribution in [1.82, 2.24) is 0 Å². The molecule has 21 heavy (non-hydrogen) atoms. The molecule has 5 heteroatoms. The van der Waals surface area contributed by atoms with Crippen LogP contribution < -0.4 is 10.5 Å². The van der Waals surface area contributed by atoms with Gasteiger partial charge in [0.2, 0.25) is 0 Å². The van der Waals surface area contributed by atoms with Gasteiger partial charge in [-0.15, -0.1) is 0 Å². The maximum absolute atomic E-state index is 12.8. The summed E-state index contributed by atoms with van der Waals surface area (Å²) in [6.45, 7) is 2.26. The van der Waals surface area contributed by atoms with E-state index in [9.17, 15) is 8.42 Å². The SMILES string of the molecule is COc1ccc(S(=O)(=O)[C@@H](C[NH3+])c2ccc(C)cc2)cc1. The van der Waals surface area contributed by atoms with Gasteiger partial charge in [0.15, 0.2) is 9.84 Å². The number of aryl methyl sites for hydroxylation is 1. The van der Waals surface area contributed by atoms with Crippen molar-refractivity contribution < 1.29 is 18.9 Å². The van der Waals surface area contributed by atoms with Crippen LogP contribution in [0, 0.1) is 6.92 Å². The van der Waals surface area contributed by atoms with Gasteiger partial charge in [-0.1, -0.05) is 29.8 Å². The molecule has 4 nitrogen and oxygen atoms in total. The Balaban J connectivity index is 2.41. The molecule has 3 N–H and O–H groups in total. The second kappa shape index (κ2) is 6.28. The molecular formula is C16H20NO3S+. The Labute approximate surface area is 125 Å². The van der Waals surface area contributed by atoms with E-state index >= 15 is 0 Å². The Hall–Kier alpha value is -1.85. The van der Waals surface area contributed by atoms with Crippen molar-refractivity contribution in [2.75, 3.05) is 13.7 Å². The summed E-state index contributed by atoms with van der Waals surface area (Å²) < 4.78 is 30.6. The summed E-state index contributed by atoms with van der Waals surface area (Å²) in [7, 11) is -1.91. The van der Waals surface area contributed by atoms with Crippen LogP contribution in [0.15, 0.2) is 53.4 Å². The molecule has 2 aromatic carbocycles. The van der Waals surface area contributed by atoms with Crippen LogP contribution in [0.4, 0.5) is 0 Å². The van der Waals surface area contributed by atoms with E-state index in [1.54, 1.807) is 31.4 Å². The molecule has 112 valence electrons. The second-order valence-electron chi connectivity index (χ2n) is 4.91. The highest BCUT2D eigenvalue weighted by Gasteiger charge is 2.29. The number of methoxy groups -OCH3 is 1. The average Bonchev–Trinajstić information content (AvgIpc) is 2.50. The molecule has 2 rings (SSSR count). The molecule has 0 amide bonds. The van der Waals surface area contributed by atoms with Crippen LogP contribution in [0.3, 0.4) is 0 Å². The highest BCUT2D eigenvalue weighted by Crippen LogP contribution is 2.29. The van der Waals surface area contributed by atoms with E-state index in [1.807, 2.05) is 31.2 Å². The lowest BCUT2D eigenvalue weighted by Crippen LogP contribution is -2.54. The molecule has 0 bridgehead atoms. The normalized spacial score (nSPS) is 12.9. The van der Waals surface area contributed by atoms with Gasteiger partial charge >= 0.3 is 0 Å². The molecule has 0 saturated carbocycles. The van der Waals surface area contributed by atoms with E-state index in [4.69, 9.17) is 4.74 Å². The third-order valence-corrected chi connectivity index (χ3v) is 5.66. The lowest BCUT2D eigenvalue weighted by atomic mass is 10.1. The van der Waals surface area contributed by atoms with Crippen molar-refractivity contribution in [2.24, 2.45) is 0 Å². The maximum Gasteiger partial charge on any atom is 0.190 e. The first-order valence-electron chi connectivity index (χ1n) is 6.73. The van der Waals surface area contributed by atoms with Crippen molar-refractivity contribution in [3.8, 4) is 5.75 Å². The van der Waals surface area contributed by atoms with Gasteiger partial charge in [0.25, 0.3) is 0 Å². The van der Waals surface area contributed by atoms with Gasteiger partial charge in [-0.2, -0.15) is 0 Å². The summed E-state index contributed by atoms with van der Waals surface area (Å²) in [4.78, 5) is 0.289. The van der Waals surface area contributed by atoms with Crippen LogP contribution >= 0.6 is 0 Å². The standard InChI is InChI=1S/C16H19NO3S/c1-12-3-5-13(6-4-12)16(11-17)21(18,19)15-9-7-14(20-2)8-10-15/h3-10,16H,11,17H2,1-2H3/p+1/t16-/m0/s1. The topological polar surface area (TPSA) is 71.0 Å². The largest absolute Gasteiger partial charge is 0.497 e. The number of sulfone groups is 1. The number of hydrogen-bond acceptors (Lipinski definition) is 3. The van der Waals surface area contributed by atoms with Crippen molar-refractivity contribution in [3.05, 3.63) is 59.7 Å². The zero-order valence-corrected chi connectivity index (χ0v) is 13.1. The molecule has 0 radical (unpaired) electrons. The molecule has 0 unspecified atom stereocenters. The Morgan fingerprint density at radius 1 is 1.05 bits per heavy atom. The first-order valence-corrected chi connectivity index (χ1v) is 8.27. The summed E-state index contributed by atoms with van der Waals surface area (Å²) in [6, 6.07) is 14.0. The molecule has 0 aliphatic heterocycles. The third kappa shape index (κ3) is 3.25. The first-order chi connectivity index (χ1) is 9.98. The van der Waals surface area contributed by atoms with Crippen LogP contribution in [-0.2, 0) is 9.84 Å². The molecule has 2 aromatic rings. The van der Waals surface area contributed by atoms with Crippen molar-refractivity contribution in [1.29, 1.82) is 0 Å². The van der Waals surface area contributed by atoms with Crippen molar-refractivity contribution in [3.63, 3.8) is 0 Å².